The summed E-state index contributed by atoms with van der Waals surface area (Å²) in [7, 11) is 0. The molecule has 0 aliphatic carbocycles. The lowest BCUT2D eigenvalue weighted by Gasteiger charge is -1.90. The molecule has 0 amide bonds. The second kappa shape index (κ2) is 3.97. The summed E-state index contributed by atoms with van der Waals surface area (Å²) in [6.07, 6.45) is 1.76. The minimum absolute atomic E-state index is 0.578. The van der Waals surface area contributed by atoms with Crippen LogP contribution in [-0.2, 0) is 5.75 Å². The van der Waals surface area contributed by atoms with Crippen LogP contribution in [0.2, 0.25) is 0 Å². The van der Waals surface area contributed by atoms with Crippen LogP contribution < -0.4 is 5.73 Å². The van der Waals surface area contributed by atoms with Crippen LogP contribution in [0.15, 0.2) is 15.8 Å². The molecule has 2 aromatic rings. The lowest BCUT2D eigenvalue weighted by Crippen LogP contribution is -1.77. The van der Waals surface area contributed by atoms with Crippen LogP contribution in [0.1, 0.15) is 10.8 Å². The van der Waals surface area contributed by atoms with Crippen LogP contribution >= 0.6 is 23.1 Å². The van der Waals surface area contributed by atoms with E-state index in [2.05, 4.69) is 15.2 Å². The first-order chi connectivity index (χ1) is 6.74. The fourth-order valence-electron chi connectivity index (χ4n) is 0.859. The van der Waals surface area contributed by atoms with Crippen molar-refractivity contribution in [2.75, 3.05) is 5.73 Å². The lowest BCUT2D eigenvalue weighted by molar-refractivity contribution is 0.429. The molecule has 2 N–H and O–H groups in total. The molecule has 0 fully saturated rings. The number of aryl methyl sites for hydroxylation is 1. The normalized spacial score (nSPS) is 10.6. The van der Waals surface area contributed by atoms with Crippen molar-refractivity contribution in [1.82, 2.24) is 15.2 Å². The summed E-state index contributed by atoms with van der Waals surface area (Å²) < 4.78 is 5.21. The topological polar surface area (TPSA) is 77.8 Å². The Morgan fingerprint density at radius 1 is 1.57 bits per heavy atom. The van der Waals surface area contributed by atoms with E-state index < -0.39 is 0 Å². The zero-order chi connectivity index (χ0) is 9.97. The van der Waals surface area contributed by atoms with Gasteiger partial charge in [0.2, 0.25) is 5.89 Å². The molecule has 0 aromatic carbocycles. The summed E-state index contributed by atoms with van der Waals surface area (Å²) in [5.74, 6) is 1.34. The number of aromatic nitrogens is 3. The minimum Gasteiger partial charge on any atom is -0.416 e. The van der Waals surface area contributed by atoms with Crippen LogP contribution in [0, 0.1) is 6.92 Å². The summed E-state index contributed by atoms with van der Waals surface area (Å²) in [6.45, 7) is 1.77. The Morgan fingerprint density at radius 3 is 3.00 bits per heavy atom. The van der Waals surface area contributed by atoms with Gasteiger partial charge in [0.1, 0.15) is 0 Å². The first-order valence-electron chi connectivity index (χ1n) is 3.87. The molecule has 0 atom stereocenters. The highest BCUT2D eigenvalue weighted by molar-refractivity contribution is 7.98. The average Bonchev–Trinajstić information content (AvgIpc) is 2.72. The van der Waals surface area contributed by atoms with Gasteiger partial charge in [0, 0.05) is 23.8 Å². The van der Waals surface area contributed by atoms with Gasteiger partial charge in [-0.05, 0) is 0 Å². The van der Waals surface area contributed by atoms with Gasteiger partial charge < -0.3 is 10.2 Å². The Balaban J connectivity index is 1.94. The predicted molar refractivity (Wildman–Crippen MR) is 55.1 cm³/mol. The van der Waals surface area contributed by atoms with E-state index >= 15 is 0 Å². The molecule has 0 aliphatic heterocycles. The van der Waals surface area contributed by atoms with Gasteiger partial charge in [-0.25, -0.2) is 4.98 Å². The monoisotopic (exact) mass is 228 g/mol. The Morgan fingerprint density at radius 2 is 2.43 bits per heavy atom. The molecule has 0 spiro atoms. The van der Waals surface area contributed by atoms with Crippen molar-refractivity contribution in [3.63, 3.8) is 0 Å². The highest BCUT2D eigenvalue weighted by Gasteiger charge is 2.05. The molecular weight excluding hydrogens is 220 g/mol. The molecule has 7 heteroatoms. The molecule has 0 saturated heterocycles. The van der Waals surface area contributed by atoms with Crippen LogP contribution in [-0.4, -0.2) is 15.2 Å². The molecule has 0 aliphatic rings. The maximum atomic E-state index is 5.50. The highest BCUT2D eigenvalue weighted by atomic mass is 32.2. The van der Waals surface area contributed by atoms with Gasteiger partial charge in [0.15, 0.2) is 5.13 Å². The average molecular weight is 228 g/mol. The Hall–Kier alpha value is -1.08. The molecule has 2 rings (SSSR count). The van der Waals surface area contributed by atoms with E-state index in [1.54, 1.807) is 13.1 Å². The number of nitrogen functional groups attached to an aromatic ring is 1. The molecule has 2 aromatic heterocycles. The van der Waals surface area contributed by atoms with E-state index in [0.717, 1.165) is 10.6 Å². The zero-order valence-corrected chi connectivity index (χ0v) is 9.06. The SMILES string of the molecule is Cc1nnc(SCc2cnc(N)s2)o1. The quantitative estimate of drug-likeness (QED) is 0.806. The van der Waals surface area contributed by atoms with E-state index in [1.165, 1.54) is 23.1 Å². The van der Waals surface area contributed by atoms with Crippen molar-refractivity contribution in [2.45, 2.75) is 17.9 Å². The first-order valence-corrected chi connectivity index (χ1v) is 5.67. The smallest absolute Gasteiger partial charge is 0.276 e. The molecule has 2 heterocycles. The van der Waals surface area contributed by atoms with E-state index in [-0.39, 0.29) is 0 Å². The van der Waals surface area contributed by atoms with Crippen LogP contribution in [0.25, 0.3) is 0 Å². The molecular formula is C7H8N4OS2. The number of nitrogens with zero attached hydrogens (tertiary/aromatic N) is 3. The lowest BCUT2D eigenvalue weighted by atomic mass is 10.6. The third-order valence-electron chi connectivity index (χ3n) is 1.42. The third-order valence-corrected chi connectivity index (χ3v) is 3.29. The van der Waals surface area contributed by atoms with Gasteiger partial charge in [-0.2, -0.15) is 0 Å². The number of thioether (sulfide) groups is 1. The van der Waals surface area contributed by atoms with Crippen molar-refractivity contribution >= 4 is 28.2 Å². The first kappa shape index (κ1) is 9.47. The van der Waals surface area contributed by atoms with Crippen LogP contribution in [0.5, 0.6) is 0 Å². The number of nitrogens with two attached hydrogens (primary N) is 1. The molecule has 5 nitrogen and oxygen atoms in total. The number of anilines is 1. The summed E-state index contributed by atoms with van der Waals surface area (Å²) >= 11 is 2.95. The fourth-order valence-corrected chi connectivity index (χ4v) is 2.37. The fraction of sp³-hybridized carbons (Fsp3) is 0.286. The van der Waals surface area contributed by atoms with Crippen LogP contribution in [0.3, 0.4) is 0 Å². The van der Waals surface area contributed by atoms with Gasteiger partial charge in [-0.3, -0.25) is 0 Å². The predicted octanol–water partition coefficient (Wildman–Crippen LogP) is 1.71. The van der Waals surface area contributed by atoms with Crippen molar-refractivity contribution in [1.29, 1.82) is 0 Å². The summed E-state index contributed by atoms with van der Waals surface area (Å²) in [6, 6.07) is 0. The summed E-state index contributed by atoms with van der Waals surface area (Å²) in [5, 5.41) is 8.76. The van der Waals surface area contributed by atoms with E-state index in [4.69, 9.17) is 10.2 Å². The van der Waals surface area contributed by atoms with Crippen molar-refractivity contribution in [2.24, 2.45) is 0 Å². The van der Waals surface area contributed by atoms with Gasteiger partial charge in [0.05, 0.1) is 0 Å². The maximum absolute atomic E-state index is 5.50. The second-order valence-electron chi connectivity index (χ2n) is 2.54. The molecule has 0 unspecified atom stereocenters. The minimum atomic E-state index is 0.578. The van der Waals surface area contributed by atoms with Gasteiger partial charge >= 0.3 is 0 Å². The van der Waals surface area contributed by atoms with Crippen LogP contribution in [0.4, 0.5) is 5.13 Å². The van der Waals surface area contributed by atoms with Crippen molar-refractivity contribution in [3.8, 4) is 0 Å². The molecule has 14 heavy (non-hydrogen) atoms. The largest absolute Gasteiger partial charge is 0.416 e. The molecule has 0 radical (unpaired) electrons. The Bertz CT molecular complexity index is 385. The highest BCUT2D eigenvalue weighted by Crippen LogP contribution is 2.25. The number of rotatable bonds is 3. The standard InChI is InChI=1S/C7H8N4OS2/c1-4-10-11-7(12-4)13-3-5-2-9-6(8)14-5/h2H,3H2,1H3,(H2,8,9). The van der Waals surface area contributed by atoms with Gasteiger partial charge in [0.25, 0.3) is 5.22 Å². The molecule has 0 bridgehead atoms. The van der Waals surface area contributed by atoms with E-state index in [9.17, 15) is 0 Å². The number of hydrogen-bond acceptors (Lipinski definition) is 7. The van der Waals surface area contributed by atoms with Crippen molar-refractivity contribution < 1.29 is 4.42 Å². The summed E-state index contributed by atoms with van der Waals surface area (Å²) in [5.41, 5.74) is 5.50. The van der Waals surface area contributed by atoms with Gasteiger partial charge in [-0.1, -0.05) is 11.8 Å². The number of hydrogen-bond donors (Lipinski definition) is 1. The molecule has 0 saturated carbocycles. The van der Waals surface area contributed by atoms with Gasteiger partial charge in [-0.15, -0.1) is 21.5 Å². The van der Waals surface area contributed by atoms with Crippen molar-refractivity contribution in [3.05, 3.63) is 17.0 Å². The molecule has 74 valence electrons. The summed E-state index contributed by atoms with van der Waals surface area (Å²) in [4.78, 5) is 5.05. The Labute approximate surface area is 88.7 Å². The number of thiazole rings is 1. The van der Waals surface area contributed by atoms with E-state index in [0.29, 0.717) is 16.2 Å². The zero-order valence-electron chi connectivity index (χ0n) is 7.43. The second-order valence-corrected chi connectivity index (χ2v) is 4.61. The maximum Gasteiger partial charge on any atom is 0.276 e. The Kier molecular flexibility index (Phi) is 2.69. The third kappa shape index (κ3) is 2.24. The van der Waals surface area contributed by atoms with E-state index in [1.807, 2.05) is 0 Å².